The molecule has 0 aromatic heterocycles. The second-order valence-electron chi connectivity index (χ2n) is 5.50. The standard InChI is InChI=1S/C19H21FN2O3/c1-14(23)22(17-5-3-4-6-18(17)25-2)13-19(24)21-12-11-15-7-9-16(20)10-8-15/h3-10H,11-13H2,1-2H3,(H,21,24). The van der Waals surface area contributed by atoms with Crippen LogP contribution in [0.25, 0.3) is 0 Å². The molecule has 0 spiro atoms. The van der Waals surface area contributed by atoms with E-state index >= 15 is 0 Å². The van der Waals surface area contributed by atoms with Crippen LogP contribution in [0.3, 0.4) is 0 Å². The molecule has 2 aromatic rings. The van der Waals surface area contributed by atoms with Crippen LogP contribution in [0.4, 0.5) is 10.1 Å². The summed E-state index contributed by atoms with van der Waals surface area (Å²) >= 11 is 0. The quantitative estimate of drug-likeness (QED) is 0.840. The van der Waals surface area contributed by atoms with E-state index in [0.29, 0.717) is 24.4 Å². The Labute approximate surface area is 146 Å². The van der Waals surface area contributed by atoms with E-state index in [1.807, 2.05) is 0 Å². The lowest BCUT2D eigenvalue weighted by atomic mass is 10.1. The number of benzene rings is 2. The minimum absolute atomic E-state index is 0.0981. The van der Waals surface area contributed by atoms with Crippen molar-refractivity contribution in [3.63, 3.8) is 0 Å². The van der Waals surface area contributed by atoms with Crippen LogP contribution >= 0.6 is 0 Å². The number of nitrogens with one attached hydrogen (secondary N) is 1. The molecular weight excluding hydrogens is 323 g/mol. The lowest BCUT2D eigenvalue weighted by Crippen LogP contribution is -2.40. The first-order chi connectivity index (χ1) is 12.0. The third-order valence-electron chi connectivity index (χ3n) is 3.71. The number of halogens is 1. The average Bonchev–Trinajstić information content (AvgIpc) is 2.61. The van der Waals surface area contributed by atoms with Crippen LogP contribution in [0, 0.1) is 5.82 Å². The summed E-state index contributed by atoms with van der Waals surface area (Å²) in [6.45, 7) is 1.71. The van der Waals surface area contributed by atoms with Crippen molar-refractivity contribution < 1.29 is 18.7 Å². The maximum absolute atomic E-state index is 12.9. The molecule has 0 radical (unpaired) electrons. The third kappa shape index (κ3) is 5.31. The number of amides is 2. The van der Waals surface area contributed by atoms with Gasteiger partial charge in [0.15, 0.2) is 0 Å². The fourth-order valence-electron chi connectivity index (χ4n) is 2.42. The molecule has 0 saturated heterocycles. The van der Waals surface area contributed by atoms with E-state index in [0.717, 1.165) is 5.56 Å². The van der Waals surface area contributed by atoms with Gasteiger partial charge in [-0.05, 0) is 36.2 Å². The smallest absolute Gasteiger partial charge is 0.240 e. The molecule has 2 amide bonds. The van der Waals surface area contributed by atoms with E-state index in [9.17, 15) is 14.0 Å². The maximum Gasteiger partial charge on any atom is 0.240 e. The molecule has 2 rings (SSSR count). The molecule has 0 saturated carbocycles. The van der Waals surface area contributed by atoms with Crippen LogP contribution in [0.15, 0.2) is 48.5 Å². The number of carbonyl (C=O) groups excluding carboxylic acids is 2. The fraction of sp³-hybridized carbons (Fsp3) is 0.263. The number of ether oxygens (including phenoxy) is 1. The Morgan fingerprint density at radius 3 is 2.44 bits per heavy atom. The number of para-hydroxylation sites is 2. The molecule has 132 valence electrons. The Bertz CT molecular complexity index is 732. The third-order valence-corrected chi connectivity index (χ3v) is 3.71. The molecule has 25 heavy (non-hydrogen) atoms. The van der Waals surface area contributed by atoms with Crippen LogP contribution in [-0.4, -0.2) is 32.0 Å². The zero-order chi connectivity index (χ0) is 18.2. The van der Waals surface area contributed by atoms with Gasteiger partial charge in [0.25, 0.3) is 0 Å². The summed E-state index contributed by atoms with van der Waals surface area (Å²) in [4.78, 5) is 25.5. The van der Waals surface area contributed by atoms with Crippen molar-refractivity contribution in [2.75, 3.05) is 25.1 Å². The fourth-order valence-corrected chi connectivity index (χ4v) is 2.42. The van der Waals surface area contributed by atoms with E-state index < -0.39 is 0 Å². The number of hydrogen-bond donors (Lipinski definition) is 1. The summed E-state index contributed by atoms with van der Waals surface area (Å²) in [6.07, 6.45) is 0.584. The molecule has 0 aliphatic heterocycles. The van der Waals surface area contributed by atoms with Gasteiger partial charge in [0.05, 0.1) is 12.8 Å². The van der Waals surface area contributed by atoms with Gasteiger partial charge in [0.1, 0.15) is 18.1 Å². The summed E-state index contributed by atoms with van der Waals surface area (Å²) < 4.78 is 18.1. The molecule has 0 atom stereocenters. The minimum Gasteiger partial charge on any atom is -0.495 e. The number of anilines is 1. The van der Waals surface area contributed by atoms with Crippen molar-refractivity contribution >= 4 is 17.5 Å². The highest BCUT2D eigenvalue weighted by atomic mass is 19.1. The summed E-state index contributed by atoms with van der Waals surface area (Å²) in [5.41, 5.74) is 1.47. The molecule has 0 aliphatic carbocycles. The molecule has 5 nitrogen and oxygen atoms in total. The van der Waals surface area contributed by atoms with E-state index in [2.05, 4.69) is 5.32 Å². The van der Waals surface area contributed by atoms with Crippen LogP contribution in [-0.2, 0) is 16.0 Å². The predicted molar refractivity (Wildman–Crippen MR) is 94.1 cm³/mol. The monoisotopic (exact) mass is 344 g/mol. The summed E-state index contributed by atoms with van der Waals surface area (Å²) in [5.74, 6) is -0.292. The van der Waals surface area contributed by atoms with Gasteiger partial charge >= 0.3 is 0 Å². The molecule has 0 fully saturated rings. The van der Waals surface area contributed by atoms with Crippen LogP contribution in [0.5, 0.6) is 5.75 Å². The molecule has 0 heterocycles. The van der Waals surface area contributed by atoms with E-state index in [-0.39, 0.29) is 24.2 Å². The molecule has 0 unspecified atom stereocenters. The van der Waals surface area contributed by atoms with Gasteiger partial charge in [-0.15, -0.1) is 0 Å². The van der Waals surface area contributed by atoms with E-state index in [1.54, 1.807) is 36.4 Å². The van der Waals surface area contributed by atoms with E-state index in [4.69, 9.17) is 4.74 Å². The lowest BCUT2D eigenvalue weighted by molar-refractivity contribution is -0.123. The Hall–Kier alpha value is -2.89. The first-order valence-corrected chi connectivity index (χ1v) is 7.93. The number of hydrogen-bond acceptors (Lipinski definition) is 3. The highest BCUT2D eigenvalue weighted by Crippen LogP contribution is 2.27. The molecule has 0 bridgehead atoms. The zero-order valence-electron chi connectivity index (χ0n) is 14.3. The van der Waals surface area contributed by atoms with Crippen molar-refractivity contribution in [1.29, 1.82) is 0 Å². The Balaban J connectivity index is 1.94. The maximum atomic E-state index is 12.9. The van der Waals surface area contributed by atoms with Gasteiger partial charge in [-0.3, -0.25) is 14.5 Å². The van der Waals surface area contributed by atoms with Gasteiger partial charge in [0, 0.05) is 13.5 Å². The Kier molecular flexibility index (Phi) is 6.51. The average molecular weight is 344 g/mol. The molecule has 2 aromatic carbocycles. The molecular formula is C19H21FN2O3. The van der Waals surface area contributed by atoms with Crippen molar-refractivity contribution in [3.05, 3.63) is 59.9 Å². The summed E-state index contributed by atoms with van der Waals surface area (Å²) in [7, 11) is 1.51. The van der Waals surface area contributed by atoms with Crippen LogP contribution < -0.4 is 15.0 Å². The van der Waals surface area contributed by atoms with Gasteiger partial charge in [-0.1, -0.05) is 24.3 Å². The second kappa shape index (κ2) is 8.82. The molecule has 1 N–H and O–H groups in total. The van der Waals surface area contributed by atoms with Gasteiger partial charge in [-0.25, -0.2) is 4.39 Å². The Morgan fingerprint density at radius 1 is 1.12 bits per heavy atom. The topological polar surface area (TPSA) is 58.6 Å². The molecule has 0 aliphatic rings. The Morgan fingerprint density at radius 2 is 1.80 bits per heavy atom. The number of carbonyl (C=O) groups is 2. The van der Waals surface area contributed by atoms with Crippen LogP contribution in [0.1, 0.15) is 12.5 Å². The van der Waals surface area contributed by atoms with Crippen molar-refractivity contribution in [2.24, 2.45) is 0 Å². The SMILES string of the molecule is COc1ccccc1N(CC(=O)NCCc1ccc(F)cc1)C(C)=O. The van der Waals surface area contributed by atoms with Crippen molar-refractivity contribution in [2.45, 2.75) is 13.3 Å². The van der Waals surface area contributed by atoms with Crippen molar-refractivity contribution in [3.8, 4) is 5.75 Å². The van der Waals surface area contributed by atoms with Gasteiger partial charge in [0.2, 0.25) is 11.8 Å². The van der Waals surface area contributed by atoms with Gasteiger partial charge < -0.3 is 10.1 Å². The van der Waals surface area contributed by atoms with Crippen molar-refractivity contribution in [1.82, 2.24) is 5.32 Å². The summed E-state index contributed by atoms with van der Waals surface area (Å²) in [6, 6.07) is 13.2. The summed E-state index contributed by atoms with van der Waals surface area (Å²) in [5, 5.41) is 2.77. The second-order valence-corrected chi connectivity index (χ2v) is 5.50. The lowest BCUT2D eigenvalue weighted by Gasteiger charge is -2.22. The number of rotatable bonds is 7. The predicted octanol–water partition coefficient (Wildman–Crippen LogP) is 2.55. The minimum atomic E-state index is -0.290. The number of nitrogens with zero attached hydrogens (tertiary/aromatic N) is 1. The highest BCUT2D eigenvalue weighted by molar-refractivity contribution is 5.98. The zero-order valence-corrected chi connectivity index (χ0v) is 14.3. The first kappa shape index (κ1) is 18.4. The molecule has 6 heteroatoms. The highest BCUT2D eigenvalue weighted by Gasteiger charge is 2.18. The van der Waals surface area contributed by atoms with E-state index in [1.165, 1.54) is 31.1 Å². The van der Waals surface area contributed by atoms with Crippen LogP contribution in [0.2, 0.25) is 0 Å². The first-order valence-electron chi connectivity index (χ1n) is 7.93. The van der Waals surface area contributed by atoms with Gasteiger partial charge in [-0.2, -0.15) is 0 Å². The largest absolute Gasteiger partial charge is 0.495 e. The normalized spacial score (nSPS) is 10.2. The number of methoxy groups -OCH3 is 1.